The second-order valence-electron chi connectivity index (χ2n) is 5.68. The van der Waals surface area contributed by atoms with Gasteiger partial charge >= 0.3 is 0 Å². The van der Waals surface area contributed by atoms with E-state index in [1.165, 1.54) is 15.7 Å². The molecule has 1 fully saturated rings. The maximum absolute atomic E-state index is 10.5. The number of aliphatic hydroxyl groups excluding tert-OH is 2. The van der Waals surface area contributed by atoms with Gasteiger partial charge in [-0.1, -0.05) is 0 Å². The lowest BCUT2D eigenvalue weighted by molar-refractivity contribution is -0.0384. The predicted octanol–water partition coefficient (Wildman–Crippen LogP) is -0.480. The van der Waals surface area contributed by atoms with Crippen LogP contribution in [0.2, 0.25) is 5.28 Å². The largest absolute Gasteiger partial charge is 0.387 e. The van der Waals surface area contributed by atoms with Gasteiger partial charge in [-0.15, -0.1) is 10.2 Å². The van der Waals surface area contributed by atoms with Gasteiger partial charge in [-0.3, -0.25) is 4.57 Å². The quantitative estimate of drug-likeness (QED) is 0.505. The number of nitrogens with one attached hydrogen (secondary N) is 1. The summed E-state index contributed by atoms with van der Waals surface area (Å²) >= 11 is 5.96. The molecule has 12 nitrogen and oxygen atoms in total. The zero-order valence-corrected chi connectivity index (χ0v) is 14.6. The Bertz CT molecular complexity index is 944. The molecule has 0 amide bonds. The predicted molar refractivity (Wildman–Crippen MR) is 88.2 cm³/mol. The average molecular weight is 382 g/mol. The molecule has 0 aliphatic carbocycles. The number of aromatic nitrogens is 8. The first kappa shape index (κ1) is 17.0. The Morgan fingerprint density at radius 1 is 1.31 bits per heavy atom. The number of hydrogen-bond acceptors (Lipinski definition) is 10. The molecular formula is C13H16ClN9O3. The fraction of sp³-hybridized carbons (Fsp3) is 0.538. The second kappa shape index (κ2) is 6.39. The van der Waals surface area contributed by atoms with Crippen LogP contribution in [0.5, 0.6) is 0 Å². The lowest BCUT2D eigenvalue weighted by Gasteiger charge is -2.16. The Morgan fingerprint density at radius 3 is 2.81 bits per heavy atom. The first-order valence-electron chi connectivity index (χ1n) is 7.90. The Hall–Kier alpha value is -2.41. The summed E-state index contributed by atoms with van der Waals surface area (Å²) in [5.41, 5.74) is 0.817. The highest BCUT2D eigenvalue weighted by Gasteiger charge is 2.47. The summed E-state index contributed by atoms with van der Waals surface area (Å²) in [6.45, 7) is 2.38. The maximum atomic E-state index is 10.5. The van der Waals surface area contributed by atoms with E-state index < -0.39 is 24.5 Å². The number of imidazole rings is 1. The van der Waals surface area contributed by atoms with E-state index in [0.29, 0.717) is 23.5 Å². The second-order valence-corrected chi connectivity index (χ2v) is 6.02. The number of rotatable bonds is 4. The fourth-order valence-corrected chi connectivity index (χ4v) is 3.02. The van der Waals surface area contributed by atoms with Crippen molar-refractivity contribution in [3.05, 3.63) is 17.4 Å². The molecule has 0 saturated carbocycles. The molecule has 1 saturated heterocycles. The summed E-state index contributed by atoms with van der Waals surface area (Å²) in [5, 5.41) is 35.6. The Labute approximate surface area is 151 Å². The molecular weight excluding hydrogens is 366 g/mol. The minimum absolute atomic E-state index is 0.0146. The van der Waals surface area contributed by atoms with Gasteiger partial charge < -0.3 is 20.3 Å². The van der Waals surface area contributed by atoms with Crippen molar-refractivity contribution < 1.29 is 14.9 Å². The summed E-state index contributed by atoms with van der Waals surface area (Å²) in [6, 6.07) is 0. The van der Waals surface area contributed by atoms with Crippen molar-refractivity contribution in [1.82, 2.24) is 39.7 Å². The van der Waals surface area contributed by atoms with Crippen LogP contribution < -0.4 is 5.32 Å². The van der Waals surface area contributed by atoms with E-state index in [4.69, 9.17) is 16.3 Å². The van der Waals surface area contributed by atoms with Gasteiger partial charge in [0.1, 0.15) is 12.2 Å². The Balaban J connectivity index is 1.72. The standard InChI is InChI=1S/C13H16ClN9O3/c1-3-23-20-10(19-21-23)8-6(24)7(25)12(26-8)22-4-16-5-9(15-2)17-13(14)18-11(5)22/h4,6-8,12,24-25H,3H2,1-2H3,(H,15,17,18)/t6-,7+,8-,12+/m0/s1. The number of aryl methyl sites for hydroxylation is 1. The summed E-state index contributed by atoms with van der Waals surface area (Å²) < 4.78 is 7.30. The van der Waals surface area contributed by atoms with Gasteiger partial charge in [-0.05, 0) is 23.7 Å². The van der Waals surface area contributed by atoms with Gasteiger partial charge in [0, 0.05) is 7.05 Å². The minimum atomic E-state index is -1.25. The lowest BCUT2D eigenvalue weighted by Crippen LogP contribution is -2.29. The molecule has 4 atom stereocenters. The minimum Gasteiger partial charge on any atom is -0.387 e. The molecule has 4 rings (SSSR count). The summed E-state index contributed by atoms with van der Waals surface area (Å²) in [4.78, 5) is 13.8. The lowest BCUT2D eigenvalue weighted by atomic mass is 10.1. The van der Waals surface area contributed by atoms with Crippen LogP contribution in [0.1, 0.15) is 25.1 Å². The van der Waals surface area contributed by atoms with Crippen molar-refractivity contribution in [3.63, 3.8) is 0 Å². The highest BCUT2D eigenvalue weighted by molar-refractivity contribution is 6.28. The van der Waals surface area contributed by atoms with Crippen LogP contribution in [-0.4, -0.2) is 69.2 Å². The molecule has 13 heteroatoms. The highest BCUT2D eigenvalue weighted by Crippen LogP contribution is 2.38. The average Bonchev–Trinajstić information content (AvgIpc) is 3.33. The van der Waals surface area contributed by atoms with E-state index in [2.05, 4.69) is 35.7 Å². The number of aliphatic hydroxyl groups is 2. The SMILES string of the molecule is CCn1nnc([C@H]2O[C@@H](n3cnc4c(NC)nc(Cl)nc43)[C@H](O)[C@@H]2O)n1. The van der Waals surface area contributed by atoms with Crippen LogP contribution in [0.4, 0.5) is 5.82 Å². The molecule has 0 unspecified atom stereocenters. The Morgan fingerprint density at radius 2 is 2.12 bits per heavy atom. The molecule has 3 N–H and O–H groups in total. The number of fused-ring (bicyclic) bond motifs is 1. The van der Waals surface area contributed by atoms with Crippen molar-refractivity contribution in [2.24, 2.45) is 0 Å². The number of tetrazole rings is 1. The van der Waals surface area contributed by atoms with Crippen LogP contribution in [-0.2, 0) is 11.3 Å². The molecule has 0 aromatic carbocycles. The van der Waals surface area contributed by atoms with E-state index in [9.17, 15) is 10.2 Å². The van der Waals surface area contributed by atoms with Crippen molar-refractivity contribution in [3.8, 4) is 0 Å². The van der Waals surface area contributed by atoms with Gasteiger partial charge in [0.25, 0.3) is 0 Å². The molecule has 3 aromatic heterocycles. The number of hydrogen-bond donors (Lipinski definition) is 3. The van der Waals surface area contributed by atoms with Crippen molar-refractivity contribution in [2.45, 2.75) is 38.0 Å². The molecule has 0 spiro atoms. The molecule has 4 heterocycles. The van der Waals surface area contributed by atoms with E-state index >= 15 is 0 Å². The van der Waals surface area contributed by atoms with E-state index in [0.717, 1.165) is 0 Å². The third-order valence-corrected chi connectivity index (χ3v) is 4.32. The topological polar surface area (TPSA) is 149 Å². The normalized spacial score (nSPS) is 25.9. The van der Waals surface area contributed by atoms with Crippen LogP contribution in [0, 0.1) is 0 Å². The smallest absolute Gasteiger partial charge is 0.226 e. The monoisotopic (exact) mass is 381 g/mol. The molecule has 1 aliphatic rings. The van der Waals surface area contributed by atoms with Crippen molar-refractivity contribution in [1.29, 1.82) is 0 Å². The van der Waals surface area contributed by atoms with Crippen LogP contribution in [0.15, 0.2) is 6.33 Å². The van der Waals surface area contributed by atoms with Crippen LogP contribution in [0.3, 0.4) is 0 Å². The van der Waals surface area contributed by atoms with Crippen molar-refractivity contribution in [2.75, 3.05) is 12.4 Å². The van der Waals surface area contributed by atoms with Crippen LogP contribution in [0.25, 0.3) is 11.2 Å². The van der Waals surface area contributed by atoms with Crippen LogP contribution >= 0.6 is 11.6 Å². The zero-order valence-electron chi connectivity index (χ0n) is 13.9. The fourth-order valence-electron chi connectivity index (χ4n) is 2.86. The number of ether oxygens (including phenoxy) is 1. The molecule has 1 aliphatic heterocycles. The molecule has 138 valence electrons. The van der Waals surface area contributed by atoms with Gasteiger partial charge in [0.05, 0.1) is 12.9 Å². The van der Waals surface area contributed by atoms with Gasteiger partial charge in [-0.2, -0.15) is 14.8 Å². The highest BCUT2D eigenvalue weighted by atomic mass is 35.5. The van der Waals surface area contributed by atoms with E-state index in [-0.39, 0.29) is 11.1 Å². The number of anilines is 1. The summed E-state index contributed by atoms with van der Waals surface area (Å²) in [5.74, 6) is 0.629. The van der Waals surface area contributed by atoms with E-state index in [1.54, 1.807) is 7.05 Å². The number of halogens is 1. The molecule has 26 heavy (non-hydrogen) atoms. The zero-order chi connectivity index (χ0) is 18.4. The maximum Gasteiger partial charge on any atom is 0.226 e. The summed E-state index contributed by atoms with van der Waals surface area (Å²) in [6.07, 6.45) is -2.95. The Kier molecular flexibility index (Phi) is 4.19. The third kappa shape index (κ3) is 2.58. The van der Waals surface area contributed by atoms with Crippen molar-refractivity contribution >= 4 is 28.6 Å². The van der Waals surface area contributed by atoms with E-state index in [1.807, 2.05) is 6.92 Å². The molecule has 0 bridgehead atoms. The molecule has 3 aromatic rings. The van der Waals surface area contributed by atoms with Gasteiger partial charge in [-0.25, -0.2) is 4.98 Å². The molecule has 0 radical (unpaired) electrons. The summed E-state index contributed by atoms with van der Waals surface area (Å²) in [7, 11) is 1.68. The van der Waals surface area contributed by atoms with Gasteiger partial charge in [0.15, 0.2) is 29.3 Å². The first-order chi connectivity index (χ1) is 12.5. The first-order valence-corrected chi connectivity index (χ1v) is 8.28. The third-order valence-electron chi connectivity index (χ3n) is 4.15. The van der Waals surface area contributed by atoms with Gasteiger partial charge in [0.2, 0.25) is 11.1 Å². The number of nitrogens with zero attached hydrogens (tertiary/aromatic N) is 8.